The van der Waals surface area contributed by atoms with Crippen LogP contribution >= 0.6 is 50.3 Å². The molecule has 0 aliphatic heterocycles. The van der Waals surface area contributed by atoms with Crippen LogP contribution in [-0.2, 0) is 0 Å². The maximum Gasteiger partial charge on any atom is 0.138 e. The summed E-state index contributed by atoms with van der Waals surface area (Å²) >= 11 is 6.78. The second-order valence-electron chi connectivity index (χ2n) is 1.91. The second kappa shape index (κ2) is 4.09. The molecule has 0 unspecified atom stereocenters. The summed E-state index contributed by atoms with van der Waals surface area (Å²) in [6.45, 7) is 0. The highest BCUT2D eigenvalue weighted by Crippen LogP contribution is 2.27. The minimum absolute atomic E-state index is 0.163. The molecule has 11 heavy (non-hydrogen) atoms. The van der Waals surface area contributed by atoms with Gasteiger partial charge in [-0.25, -0.2) is 4.39 Å². The Labute approximate surface area is 91.2 Å². The Hall–Kier alpha value is 0.710. The minimum atomic E-state index is -0.163. The lowest BCUT2D eigenvalue weighted by Crippen LogP contribution is -1.84. The van der Waals surface area contributed by atoms with E-state index >= 15 is 0 Å². The van der Waals surface area contributed by atoms with Crippen LogP contribution in [0.15, 0.2) is 21.5 Å². The van der Waals surface area contributed by atoms with Crippen molar-refractivity contribution in [2.24, 2.45) is 0 Å². The zero-order chi connectivity index (χ0) is 8.43. The van der Waals surface area contributed by atoms with Crippen LogP contribution in [0, 0.1) is 9.39 Å². The number of hydrogen-bond acceptors (Lipinski definition) is 1. The van der Waals surface area contributed by atoms with Gasteiger partial charge in [0.2, 0.25) is 0 Å². The number of rotatable bonds is 1. The average molecular weight is 347 g/mol. The third-order valence-corrected chi connectivity index (χ3v) is 4.36. The van der Waals surface area contributed by atoms with Crippen molar-refractivity contribution in [1.29, 1.82) is 0 Å². The molecule has 1 rings (SSSR count). The summed E-state index contributed by atoms with van der Waals surface area (Å²) < 4.78 is 14.4. The van der Waals surface area contributed by atoms with Crippen LogP contribution in [0.25, 0.3) is 0 Å². The first kappa shape index (κ1) is 9.80. The van der Waals surface area contributed by atoms with Gasteiger partial charge in [0.1, 0.15) is 5.82 Å². The highest BCUT2D eigenvalue weighted by Gasteiger charge is 2.04. The molecule has 0 amide bonds. The van der Waals surface area contributed by atoms with Crippen LogP contribution in [-0.4, -0.2) is 6.26 Å². The fourth-order valence-electron chi connectivity index (χ4n) is 0.650. The molecule has 0 saturated carbocycles. The molecule has 0 aliphatic carbocycles. The van der Waals surface area contributed by atoms with Crippen molar-refractivity contribution >= 4 is 50.3 Å². The molecule has 0 fully saturated rings. The Morgan fingerprint density at radius 1 is 1.55 bits per heavy atom. The van der Waals surface area contributed by atoms with E-state index in [4.69, 9.17) is 0 Å². The zero-order valence-corrected chi connectivity index (χ0v) is 10.3. The van der Waals surface area contributed by atoms with Gasteiger partial charge in [0.05, 0.1) is 3.57 Å². The van der Waals surface area contributed by atoms with E-state index in [-0.39, 0.29) is 5.82 Å². The molecular weight excluding hydrogens is 342 g/mol. The first-order valence-electron chi connectivity index (χ1n) is 2.83. The molecule has 1 aromatic carbocycles. The van der Waals surface area contributed by atoms with Gasteiger partial charge in [0, 0.05) is 9.37 Å². The lowest BCUT2D eigenvalue weighted by molar-refractivity contribution is 0.615. The smallest absolute Gasteiger partial charge is 0.138 e. The molecule has 0 bridgehead atoms. The number of halogens is 3. The third-order valence-electron chi connectivity index (χ3n) is 1.19. The lowest BCUT2D eigenvalue weighted by atomic mass is 10.3. The molecule has 0 N–H and O–H groups in total. The van der Waals surface area contributed by atoms with Gasteiger partial charge in [-0.05, 0) is 56.9 Å². The molecule has 0 nitrogen and oxygen atoms in total. The van der Waals surface area contributed by atoms with Crippen molar-refractivity contribution < 1.29 is 4.39 Å². The topological polar surface area (TPSA) is 0 Å². The molecule has 1 aromatic rings. The van der Waals surface area contributed by atoms with Gasteiger partial charge >= 0.3 is 0 Å². The second-order valence-corrected chi connectivity index (χ2v) is 4.72. The van der Waals surface area contributed by atoms with E-state index in [2.05, 4.69) is 15.9 Å². The van der Waals surface area contributed by atoms with E-state index in [0.29, 0.717) is 3.57 Å². The number of hydrogen-bond donors (Lipinski definition) is 0. The van der Waals surface area contributed by atoms with E-state index < -0.39 is 0 Å². The standard InChI is InChI=1S/C7H5BrFIS/c1-11-4-2-5(8)7(10)6(9)3-4/h2-3H,1H3. The predicted molar refractivity (Wildman–Crippen MR) is 58.6 cm³/mol. The monoisotopic (exact) mass is 346 g/mol. The summed E-state index contributed by atoms with van der Waals surface area (Å²) in [5.41, 5.74) is 0. The molecule has 0 radical (unpaired) electrons. The fraction of sp³-hybridized carbons (Fsp3) is 0.143. The van der Waals surface area contributed by atoms with Crippen LogP contribution in [0.4, 0.5) is 4.39 Å². The first-order valence-corrected chi connectivity index (χ1v) is 5.93. The van der Waals surface area contributed by atoms with Crippen molar-refractivity contribution in [2.45, 2.75) is 4.90 Å². The van der Waals surface area contributed by atoms with Crippen LogP contribution in [0.3, 0.4) is 0 Å². The molecule has 0 aromatic heterocycles. The fourth-order valence-corrected chi connectivity index (χ4v) is 2.01. The third kappa shape index (κ3) is 2.32. The van der Waals surface area contributed by atoms with Crippen LogP contribution in [0.2, 0.25) is 0 Å². The number of benzene rings is 1. The van der Waals surface area contributed by atoms with Gasteiger partial charge < -0.3 is 0 Å². The van der Waals surface area contributed by atoms with Crippen molar-refractivity contribution in [3.8, 4) is 0 Å². The average Bonchev–Trinajstić information content (AvgIpc) is 1.99. The molecule has 0 saturated heterocycles. The van der Waals surface area contributed by atoms with Gasteiger partial charge in [0.25, 0.3) is 0 Å². The zero-order valence-electron chi connectivity index (χ0n) is 5.70. The summed E-state index contributed by atoms with van der Waals surface area (Å²) in [5, 5.41) is 0. The Bertz CT molecular complexity index is 254. The van der Waals surface area contributed by atoms with Gasteiger partial charge in [-0.15, -0.1) is 11.8 Å². The highest BCUT2D eigenvalue weighted by atomic mass is 127. The Morgan fingerprint density at radius 2 is 2.18 bits per heavy atom. The molecule has 0 aliphatic rings. The normalized spacial score (nSPS) is 10.2. The van der Waals surface area contributed by atoms with Gasteiger partial charge in [-0.3, -0.25) is 0 Å². The molecular formula is C7H5BrFIS. The van der Waals surface area contributed by atoms with Crippen LogP contribution in [0.5, 0.6) is 0 Å². The Kier molecular flexibility index (Phi) is 3.64. The SMILES string of the molecule is CSc1cc(F)c(I)c(Br)c1. The van der Waals surface area contributed by atoms with Gasteiger partial charge in [0.15, 0.2) is 0 Å². The molecule has 4 heteroatoms. The summed E-state index contributed by atoms with van der Waals surface area (Å²) in [7, 11) is 0. The Balaban J connectivity index is 3.21. The Morgan fingerprint density at radius 3 is 2.64 bits per heavy atom. The minimum Gasteiger partial charge on any atom is -0.206 e. The summed E-state index contributed by atoms with van der Waals surface area (Å²) in [5.74, 6) is -0.163. The summed E-state index contributed by atoms with van der Waals surface area (Å²) in [6.07, 6.45) is 1.92. The molecule has 0 heterocycles. The maximum absolute atomic E-state index is 13.0. The summed E-state index contributed by atoms with van der Waals surface area (Å²) in [4.78, 5) is 0.940. The lowest BCUT2D eigenvalue weighted by Gasteiger charge is -2.00. The van der Waals surface area contributed by atoms with Crippen molar-refractivity contribution in [3.05, 3.63) is 26.0 Å². The largest absolute Gasteiger partial charge is 0.206 e. The van der Waals surface area contributed by atoms with E-state index in [9.17, 15) is 4.39 Å². The van der Waals surface area contributed by atoms with Crippen molar-refractivity contribution in [2.75, 3.05) is 6.26 Å². The van der Waals surface area contributed by atoms with Crippen molar-refractivity contribution in [3.63, 3.8) is 0 Å². The first-order chi connectivity index (χ1) is 5.15. The number of thioether (sulfide) groups is 1. The van der Waals surface area contributed by atoms with E-state index in [1.54, 1.807) is 0 Å². The maximum atomic E-state index is 13.0. The van der Waals surface area contributed by atoms with Crippen molar-refractivity contribution in [1.82, 2.24) is 0 Å². The quantitative estimate of drug-likeness (QED) is 0.422. The van der Waals surface area contributed by atoms with Gasteiger partial charge in [-0.1, -0.05) is 0 Å². The highest BCUT2D eigenvalue weighted by molar-refractivity contribution is 14.1. The molecule has 0 spiro atoms. The molecule has 60 valence electrons. The molecule has 0 atom stereocenters. The summed E-state index contributed by atoms with van der Waals surface area (Å²) in [6, 6.07) is 3.45. The van der Waals surface area contributed by atoms with Crippen LogP contribution in [0.1, 0.15) is 0 Å². The van der Waals surface area contributed by atoms with Gasteiger partial charge in [-0.2, -0.15) is 0 Å². The van der Waals surface area contributed by atoms with E-state index in [1.165, 1.54) is 17.8 Å². The predicted octanol–water partition coefficient (Wildman–Crippen LogP) is 3.91. The van der Waals surface area contributed by atoms with Crippen LogP contribution < -0.4 is 0 Å². The van der Waals surface area contributed by atoms with E-state index in [0.717, 1.165) is 9.37 Å². The van der Waals surface area contributed by atoms with E-state index in [1.807, 2.05) is 34.9 Å².